The maximum atomic E-state index is 11.3. The van der Waals surface area contributed by atoms with Crippen LogP contribution < -0.4 is 9.47 Å². The Kier molecular flexibility index (Phi) is 7.98. The molecule has 1 aromatic heterocycles. The fourth-order valence-corrected chi connectivity index (χ4v) is 8.53. The second-order valence-corrected chi connectivity index (χ2v) is 13.9. The molecule has 2 aromatic carbocycles. The fourth-order valence-electron chi connectivity index (χ4n) is 4.30. The Morgan fingerprint density at radius 2 is 1.89 bits per heavy atom. The monoisotopic (exact) mass is 577 g/mol. The summed E-state index contributed by atoms with van der Waals surface area (Å²) in [5.74, 6) is -0.234. The van der Waals surface area contributed by atoms with E-state index in [9.17, 15) is 13.0 Å². The number of thioether (sulfide) groups is 1. The van der Waals surface area contributed by atoms with E-state index in [1.165, 1.54) is 41.5 Å². The third-order valence-electron chi connectivity index (χ3n) is 6.36. The number of aromatic nitrogens is 1. The van der Waals surface area contributed by atoms with Crippen LogP contribution in [0.3, 0.4) is 0 Å². The van der Waals surface area contributed by atoms with Crippen molar-refractivity contribution in [2.24, 2.45) is 0 Å². The van der Waals surface area contributed by atoms with Gasteiger partial charge in [-0.15, -0.1) is 0 Å². The van der Waals surface area contributed by atoms with E-state index in [1.54, 1.807) is 11.8 Å². The van der Waals surface area contributed by atoms with E-state index in [2.05, 4.69) is 86.6 Å². The Bertz CT molecular complexity index is 1440. The van der Waals surface area contributed by atoms with Gasteiger partial charge in [0.1, 0.15) is 0 Å². The number of rotatable bonds is 8. The van der Waals surface area contributed by atoms with Crippen molar-refractivity contribution >= 4 is 57.9 Å². The van der Waals surface area contributed by atoms with Crippen LogP contribution in [0.2, 0.25) is 0 Å². The van der Waals surface area contributed by atoms with Crippen LogP contribution in [0.4, 0.5) is 5.69 Å². The van der Waals surface area contributed by atoms with Gasteiger partial charge in [-0.1, -0.05) is 0 Å². The van der Waals surface area contributed by atoms with Gasteiger partial charge in [0.15, 0.2) is 0 Å². The molecule has 0 spiro atoms. The van der Waals surface area contributed by atoms with Crippen molar-refractivity contribution in [3.05, 3.63) is 68.3 Å². The number of hydrogen-bond donors (Lipinski definition) is 1. The number of allylic oxidation sites excluding steroid dienone is 2. The van der Waals surface area contributed by atoms with Crippen LogP contribution >= 0.6 is 11.8 Å². The van der Waals surface area contributed by atoms with Gasteiger partial charge in [-0.3, -0.25) is 0 Å². The van der Waals surface area contributed by atoms with E-state index in [1.807, 2.05) is 0 Å². The van der Waals surface area contributed by atoms with Gasteiger partial charge >= 0.3 is 220 Å². The summed E-state index contributed by atoms with van der Waals surface area (Å²) in [6, 6.07) is 11.2. The van der Waals surface area contributed by atoms with E-state index in [0.29, 0.717) is 13.0 Å². The number of fused-ring (bicyclic) bond motifs is 2. The summed E-state index contributed by atoms with van der Waals surface area (Å²) in [5.41, 5.74) is 7.46. The first-order valence-electron chi connectivity index (χ1n) is 12.0. The summed E-state index contributed by atoms with van der Waals surface area (Å²) in [7, 11) is -3.98. The SMILES string of the molecule is CCC(=Cc1[se]c2ccc(C)cc2[n+]1CC)C=C1Sc2cc(C)c(C)cc2N1CCCS(=O)(=O)O. The van der Waals surface area contributed by atoms with E-state index in [4.69, 9.17) is 0 Å². The van der Waals surface area contributed by atoms with Crippen molar-refractivity contribution in [2.75, 3.05) is 17.2 Å². The van der Waals surface area contributed by atoms with Crippen molar-refractivity contribution in [3.8, 4) is 0 Å². The van der Waals surface area contributed by atoms with Crippen LogP contribution in [0.15, 0.2) is 51.9 Å². The number of nitrogens with zero attached hydrogens (tertiary/aromatic N) is 2. The Balaban J connectivity index is 1.73. The molecule has 1 aliphatic rings. The first-order valence-corrected chi connectivity index (χ1v) is 16.1. The molecule has 1 N–H and O–H groups in total. The Morgan fingerprint density at radius 3 is 2.57 bits per heavy atom. The van der Waals surface area contributed by atoms with Gasteiger partial charge in [0.25, 0.3) is 0 Å². The first kappa shape index (κ1) is 26.2. The van der Waals surface area contributed by atoms with Gasteiger partial charge in [0, 0.05) is 0 Å². The minimum absolute atomic E-state index is 0.234. The number of aryl methyl sites for hydroxylation is 4. The zero-order valence-corrected chi connectivity index (χ0v) is 24.3. The van der Waals surface area contributed by atoms with E-state index in [-0.39, 0.29) is 20.3 Å². The standard InChI is InChI=1S/C27H32N2O3S2Se/c1-6-21(17-27-28(7-2)23-13-18(3)9-10-25(23)35-27)16-26-29(11-8-12-34(30,31)32)22-14-19(4)20(5)15-24(22)33-26/h9-10,13-17H,6-8,11-12H2,1-5H3/p+1. The minimum atomic E-state index is -3.98. The number of anilines is 1. The number of benzene rings is 2. The van der Waals surface area contributed by atoms with Crippen molar-refractivity contribution in [2.45, 2.75) is 58.9 Å². The molecule has 0 aliphatic carbocycles. The zero-order chi connectivity index (χ0) is 25.3. The van der Waals surface area contributed by atoms with Gasteiger partial charge in [-0.2, -0.15) is 0 Å². The van der Waals surface area contributed by atoms with Crippen LogP contribution in [-0.4, -0.2) is 39.8 Å². The third-order valence-corrected chi connectivity index (χ3v) is 10.6. The number of hydrogen-bond acceptors (Lipinski definition) is 4. The zero-order valence-electron chi connectivity index (χ0n) is 21.0. The van der Waals surface area contributed by atoms with Crippen LogP contribution in [0, 0.1) is 20.8 Å². The Morgan fingerprint density at radius 1 is 1.14 bits per heavy atom. The summed E-state index contributed by atoms with van der Waals surface area (Å²) >= 11 is 2.01. The maximum absolute atomic E-state index is 11.3. The molecule has 0 atom stereocenters. The molecule has 3 aromatic rings. The molecule has 0 saturated heterocycles. The molecule has 0 bridgehead atoms. The quantitative estimate of drug-likeness (QED) is 0.213. The average molecular weight is 577 g/mol. The molecule has 0 fully saturated rings. The van der Waals surface area contributed by atoms with Crippen LogP contribution in [-0.2, 0) is 16.7 Å². The molecule has 0 saturated carbocycles. The molecular formula is C27H33N2O3S2Se+. The van der Waals surface area contributed by atoms with Crippen LogP contribution in [0.5, 0.6) is 0 Å². The predicted octanol–water partition coefficient (Wildman–Crippen LogP) is 5.65. The molecule has 2 heterocycles. The molecule has 186 valence electrons. The van der Waals surface area contributed by atoms with E-state index < -0.39 is 10.1 Å². The predicted molar refractivity (Wildman–Crippen MR) is 148 cm³/mol. The van der Waals surface area contributed by atoms with Gasteiger partial charge in [0.2, 0.25) is 0 Å². The topological polar surface area (TPSA) is 61.5 Å². The van der Waals surface area contributed by atoms with Gasteiger partial charge < -0.3 is 0 Å². The molecule has 4 rings (SSSR count). The molecule has 0 radical (unpaired) electrons. The van der Waals surface area contributed by atoms with Crippen molar-refractivity contribution < 1.29 is 17.5 Å². The molecule has 0 amide bonds. The van der Waals surface area contributed by atoms with E-state index in [0.717, 1.165) is 23.7 Å². The van der Waals surface area contributed by atoms with Crippen molar-refractivity contribution in [1.29, 1.82) is 0 Å². The Hall–Kier alpha value is -1.83. The van der Waals surface area contributed by atoms with Gasteiger partial charge in [-0.25, -0.2) is 0 Å². The van der Waals surface area contributed by atoms with Crippen LogP contribution in [0.25, 0.3) is 15.9 Å². The molecule has 1 aliphatic heterocycles. The summed E-state index contributed by atoms with van der Waals surface area (Å²) in [5, 5.41) is 1.11. The average Bonchev–Trinajstić information content (AvgIpc) is 3.29. The second-order valence-electron chi connectivity index (χ2n) is 9.01. The molecular weight excluding hydrogens is 543 g/mol. The summed E-state index contributed by atoms with van der Waals surface area (Å²) in [6.07, 6.45) is 5.88. The first-order chi connectivity index (χ1) is 16.6. The molecule has 0 unspecified atom stereocenters. The molecule has 5 nitrogen and oxygen atoms in total. The Labute approximate surface area is 219 Å². The summed E-state index contributed by atoms with van der Waals surface area (Å²) < 4.78 is 37.1. The van der Waals surface area contributed by atoms with Crippen molar-refractivity contribution in [1.82, 2.24) is 0 Å². The normalized spacial score (nSPS) is 15.4. The van der Waals surface area contributed by atoms with Crippen molar-refractivity contribution in [3.63, 3.8) is 0 Å². The van der Waals surface area contributed by atoms with Gasteiger partial charge in [0.05, 0.1) is 0 Å². The summed E-state index contributed by atoms with van der Waals surface area (Å²) in [4.78, 5) is 3.40. The molecule has 8 heteroatoms. The third kappa shape index (κ3) is 5.95. The second kappa shape index (κ2) is 10.7. The summed E-state index contributed by atoms with van der Waals surface area (Å²) in [6.45, 7) is 12.2. The van der Waals surface area contributed by atoms with Gasteiger partial charge in [-0.05, 0) is 0 Å². The van der Waals surface area contributed by atoms with Crippen LogP contribution in [0.1, 0.15) is 47.9 Å². The van der Waals surface area contributed by atoms with E-state index >= 15 is 0 Å². The fraction of sp³-hybridized carbons (Fsp3) is 0.370. The molecule has 35 heavy (non-hydrogen) atoms.